The number of nitrogens with zero attached hydrogens (tertiary/aromatic N) is 1. The van der Waals surface area contributed by atoms with E-state index in [0.29, 0.717) is 12.3 Å². The molecule has 1 rings (SSSR count). The van der Waals surface area contributed by atoms with Gasteiger partial charge in [-0.3, -0.25) is 0 Å². The highest BCUT2D eigenvalue weighted by Gasteiger charge is 2.14. The second-order valence-corrected chi connectivity index (χ2v) is 4.77. The van der Waals surface area contributed by atoms with Gasteiger partial charge in [-0.05, 0) is 5.41 Å². The van der Waals surface area contributed by atoms with Gasteiger partial charge < -0.3 is 4.42 Å². The summed E-state index contributed by atoms with van der Waals surface area (Å²) in [6.07, 6.45) is 3.43. The van der Waals surface area contributed by atoms with E-state index in [1.54, 1.807) is 6.20 Å². The Morgan fingerprint density at radius 1 is 1.46 bits per heavy atom. The lowest BCUT2D eigenvalue weighted by molar-refractivity contribution is 0.353. The van der Waals surface area contributed by atoms with Gasteiger partial charge in [-0.1, -0.05) is 20.8 Å². The van der Waals surface area contributed by atoms with Gasteiger partial charge in [0, 0.05) is 18.7 Å². The first-order valence-corrected chi connectivity index (χ1v) is 5.04. The SMILES string of the molecule is CC(C)(C)Cc1cnc(CCCl)o1. The van der Waals surface area contributed by atoms with Crippen molar-refractivity contribution in [3.8, 4) is 0 Å². The maximum absolute atomic E-state index is 5.58. The van der Waals surface area contributed by atoms with Gasteiger partial charge in [-0.2, -0.15) is 0 Å². The molecule has 0 saturated carbocycles. The second kappa shape index (κ2) is 4.14. The molecular weight excluding hydrogens is 186 g/mol. The molecule has 0 aliphatic heterocycles. The summed E-state index contributed by atoms with van der Waals surface area (Å²) in [5.74, 6) is 2.26. The summed E-state index contributed by atoms with van der Waals surface area (Å²) in [5, 5.41) is 0. The van der Waals surface area contributed by atoms with Crippen molar-refractivity contribution in [3.05, 3.63) is 17.8 Å². The average molecular weight is 202 g/mol. The molecule has 0 N–H and O–H groups in total. The largest absolute Gasteiger partial charge is 0.446 e. The van der Waals surface area contributed by atoms with Crippen LogP contribution in [0.25, 0.3) is 0 Å². The van der Waals surface area contributed by atoms with E-state index in [1.165, 1.54) is 0 Å². The third-order valence-corrected chi connectivity index (χ3v) is 1.80. The Morgan fingerprint density at radius 3 is 2.69 bits per heavy atom. The Balaban J connectivity index is 2.59. The predicted octanol–water partition coefficient (Wildman–Crippen LogP) is 3.04. The second-order valence-electron chi connectivity index (χ2n) is 4.40. The summed E-state index contributed by atoms with van der Waals surface area (Å²) in [4.78, 5) is 4.14. The van der Waals surface area contributed by atoms with Crippen LogP contribution in [0.15, 0.2) is 10.6 Å². The van der Waals surface area contributed by atoms with Crippen LogP contribution in [-0.4, -0.2) is 10.9 Å². The minimum absolute atomic E-state index is 0.248. The summed E-state index contributed by atoms with van der Waals surface area (Å²) in [5.41, 5.74) is 0.248. The third kappa shape index (κ3) is 3.81. The lowest BCUT2D eigenvalue weighted by Crippen LogP contribution is -2.08. The Hall–Kier alpha value is -0.500. The van der Waals surface area contributed by atoms with Crippen LogP contribution in [0, 0.1) is 5.41 Å². The molecule has 0 fully saturated rings. The van der Waals surface area contributed by atoms with Crippen LogP contribution in [0.4, 0.5) is 0 Å². The molecule has 0 aliphatic rings. The Labute approximate surface area is 84.3 Å². The van der Waals surface area contributed by atoms with Crippen molar-refractivity contribution in [3.63, 3.8) is 0 Å². The van der Waals surface area contributed by atoms with Crippen molar-refractivity contribution in [2.75, 3.05) is 5.88 Å². The summed E-state index contributed by atoms with van der Waals surface area (Å²) in [6, 6.07) is 0. The Kier molecular flexibility index (Phi) is 3.37. The monoisotopic (exact) mass is 201 g/mol. The van der Waals surface area contributed by atoms with Crippen molar-refractivity contribution in [2.45, 2.75) is 33.6 Å². The van der Waals surface area contributed by atoms with Crippen LogP contribution < -0.4 is 0 Å². The van der Waals surface area contributed by atoms with Crippen molar-refractivity contribution in [1.82, 2.24) is 4.98 Å². The quantitative estimate of drug-likeness (QED) is 0.703. The first-order chi connectivity index (χ1) is 6.01. The van der Waals surface area contributed by atoms with E-state index in [2.05, 4.69) is 25.8 Å². The smallest absolute Gasteiger partial charge is 0.195 e. The molecule has 0 atom stereocenters. The van der Waals surface area contributed by atoms with Crippen molar-refractivity contribution in [1.29, 1.82) is 0 Å². The van der Waals surface area contributed by atoms with E-state index in [0.717, 1.165) is 18.1 Å². The van der Waals surface area contributed by atoms with Gasteiger partial charge in [0.2, 0.25) is 0 Å². The minimum atomic E-state index is 0.248. The molecule has 2 nitrogen and oxygen atoms in total. The van der Waals surface area contributed by atoms with Gasteiger partial charge in [0.05, 0.1) is 6.20 Å². The average Bonchev–Trinajstić information content (AvgIpc) is 2.33. The summed E-state index contributed by atoms with van der Waals surface area (Å²) >= 11 is 5.58. The third-order valence-electron chi connectivity index (χ3n) is 1.61. The Morgan fingerprint density at radius 2 is 2.15 bits per heavy atom. The fourth-order valence-corrected chi connectivity index (χ4v) is 1.31. The highest BCUT2D eigenvalue weighted by Crippen LogP contribution is 2.20. The van der Waals surface area contributed by atoms with Crippen LogP contribution >= 0.6 is 11.6 Å². The normalized spacial score (nSPS) is 12.0. The minimum Gasteiger partial charge on any atom is -0.446 e. The maximum atomic E-state index is 5.58. The molecule has 0 bridgehead atoms. The number of aromatic nitrogens is 1. The van der Waals surface area contributed by atoms with E-state index in [4.69, 9.17) is 16.0 Å². The topological polar surface area (TPSA) is 26.0 Å². The first kappa shape index (κ1) is 10.6. The van der Waals surface area contributed by atoms with E-state index < -0.39 is 0 Å². The highest BCUT2D eigenvalue weighted by molar-refractivity contribution is 6.17. The zero-order chi connectivity index (χ0) is 9.90. The number of aryl methyl sites for hydroxylation is 1. The number of hydrogen-bond acceptors (Lipinski definition) is 2. The molecule has 0 aliphatic carbocycles. The van der Waals surface area contributed by atoms with Crippen molar-refractivity contribution < 1.29 is 4.42 Å². The predicted molar refractivity (Wildman–Crippen MR) is 54.1 cm³/mol. The summed E-state index contributed by atoms with van der Waals surface area (Å²) < 4.78 is 5.50. The van der Waals surface area contributed by atoms with Gasteiger partial charge >= 0.3 is 0 Å². The molecule has 0 spiro atoms. The van der Waals surface area contributed by atoms with Gasteiger partial charge in [-0.15, -0.1) is 11.6 Å². The lowest BCUT2D eigenvalue weighted by atomic mass is 9.91. The number of oxazole rings is 1. The molecule has 1 heterocycles. The maximum Gasteiger partial charge on any atom is 0.195 e. The number of hydrogen-bond donors (Lipinski definition) is 0. The van der Waals surface area contributed by atoms with Crippen LogP contribution in [0.5, 0.6) is 0 Å². The Bertz CT molecular complexity index is 262. The molecule has 0 unspecified atom stereocenters. The number of halogens is 1. The summed E-state index contributed by atoms with van der Waals surface area (Å²) in [7, 11) is 0. The van der Waals surface area contributed by atoms with Crippen LogP contribution in [0.3, 0.4) is 0 Å². The van der Waals surface area contributed by atoms with Crippen LogP contribution in [0.2, 0.25) is 0 Å². The summed E-state index contributed by atoms with van der Waals surface area (Å²) in [6.45, 7) is 6.53. The molecule has 1 aromatic rings. The molecule has 0 amide bonds. The van der Waals surface area contributed by atoms with E-state index in [9.17, 15) is 0 Å². The van der Waals surface area contributed by atoms with Crippen LogP contribution in [-0.2, 0) is 12.8 Å². The molecular formula is C10H16ClNO. The molecule has 0 saturated heterocycles. The lowest BCUT2D eigenvalue weighted by Gasteiger charge is -2.15. The number of rotatable bonds is 3. The molecule has 1 aromatic heterocycles. The van der Waals surface area contributed by atoms with Crippen molar-refractivity contribution >= 4 is 11.6 Å². The molecule has 0 radical (unpaired) electrons. The zero-order valence-corrected chi connectivity index (χ0v) is 9.19. The van der Waals surface area contributed by atoms with E-state index in [-0.39, 0.29) is 5.41 Å². The fourth-order valence-electron chi connectivity index (χ4n) is 1.15. The van der Waals surface area contributed by atoms with E-state index >= 15 is 0 Å². The number of alkyl halides is 1. The standard InChI is InChI=1S/C10H16ClNO/c1-10(2,3)6-8-7-12-9(13-8)4-5-11/h7H,4-6H2,1-3H3. The van der Waals surface area contributed by atoms with Gasteiger partial charge in [0.25, 0.3) is 0 Å². The highest BCUT2D eigenvalue weighted by atomic mass is 35.5. The molecule has 13 heavy (non-hydrogen) atoms. The van der Waals surface area contributed by atoms with E-state index in [1.807, 2.05) is 0 Å². The first-order valence-electron chi connectivity index (χ1n) is 4.51. The van der Waals surface area contributed by atoms with Gasteiger partial charge in [0.15, 0.2) is 5.89 Å². The molecule has 74 valence electrons. The molecule has 0 aromatic carbocycles. The van der Waals surface area contributed by atoms with Gasteiger partial charge in [0.1, 0.15) is 5.76 Å². The van der Waals surface area contributed by atoms with Crippen molar-refractivity contribution in [2.24, 2.45) is 5.41 Å². The van der Waals surface area contributed by atoms with Crippen LogP contribution in [0.1, 0.15) is 32.4 Å². The zero-order valence-electron chi connectivity index (χ0n) is 8.43. The molecule has 3 heteroatoms. The van der Waals surface area contributed by atoms with Gasteiger partial charge in [-0.25, -0.2) is 4.98 Å². The fraction of sp³-hybridized carbons (Fsp3) is 0.700.